The lowest BCUT2D eigenvalue weighted by Gasteiger charge is -2.02. The Morgan fingerprint density at radius 1 is 1.00 bits per heavy atom. The van der Waals surface area contributed by atoms with Gasteiger partial charge in [-0.05, 0) is 48.5 Å². The van der Waals surface area contributed by atoms with E-state index in [-0.39, 0.29) is 6.61 Å². The first-order valence-electron chi connectivity index (χ1n) is 6.60. The Bertz CT molecular complexity index is 739. The van der Waals surface area contributed by atoms with Crippen molar-refractivity contribution in [1.29, 1.82) is 0 Å². The summed E-state index contributed by atoms with van der Waals surface area (Å²) in [7, 11) is 1.62. The molecule has 0 unspecified atom stereocenters. The highest BCUT2D eigenvalue weighted by atomic mass is 79.9. The summed E-state index contributed by atoms with van der Waals surface area (Å²) in [5.41, 5.74) is 0.836. The largest absolute Gasteiger partial charge is 0.497 e. The van der Waals surface area contributed by atoms with Gasteiger partial charge in [-0.3, -0.25) is 0 Å². The van der Waals surface area contributed by atoms with E-state index in [0.29, 0.717) is 11.7 Å². The van der Waals surface area contributed by atoms with Gasteiger partial charge in [0.1, 0.15) is 11.5 Å². The van der Waals surface area contributed by atoms with Crippen molar-refractivity contribution in [3.8, 4) is 23.0 Å². The number of hydrogen-bond donors (Lipinski definition) is 0. The van der Waals surface area contributed by atoms with Crippen LogP contribution < -0.4 is 9.47 Å². The average molecular weight is 361 g/mol. The van der Waals surface area contributed by atoms with Crippen LogP contribution in [0.5, 0.6) is 11.5 Å². The Hall–Kier alpha value is -2.34. The summed E-state index contributed by atoms with van der Waals surface area (Å²) < 4.78 is 17.0. The first kappa shape index (κ1) is 14.6. The van der Waals surface area contributed by atoms with Gasteiger partial charge < -0.3 is 14.0 Å². The van der Waals surface area contributed by atoms with Crippen molar-refractivity contribution in [1.82, 2.24) is 10.1 Å². The fourth-order valence-corrected chi connectivity index (χ4v) is 2.11. The molecule has 0 saturated carbocycles. The molecule has 22 heavy (non-hydrogen) atoms. The summed E-state index contributed by atoms with van der Waals surface area (Å²) in [5.74, 6) is 2.48. The monoisotopic (exact) mass is 360 g/mol. The van der Waals surface area contributed by atoms with Gasteiger partial charge in [-0.15, -0.1) is 0 Å². The first-order chi connectivity index (χ1) is 10.7. The molecule has 0 amide bonds. The molecular weight excluding hydrogens is 348 g/mol. The molecule has 6 heteroatoms. The normalized spacial score (nSPS) is 10.5. The summed E-state index contributed by atoms with van der Waals surface area (Å²) in [6, 6.07) is 15.0. The molecule has 0 aliphatic carbocycles. The van der Waals surface area contributed by atoms with Crippen LogP contribution in [0.1, 0.15) is 5.82 Å². The Balaban J connectivity index is 1.66. The molecule has 0 aliphatic rings. The van der Waals surface area contributed by atoms with Crippen LogP contribution in [0.2, 0.25) is 0 Å². The maximum atomic E-state index is 5.61. The Kier molecular flexibility index (Phi) is 4.39. The Labute approximate surface area is 136 Å². The van der Waals surface area contributed by atoms with Gasteiger partial charge in [0.25, 0.3) is 5.89 Å². The number of aromatic nitrogens is 2. The standard InChI is InChI=1S/C16H13BrN2O3/c1-20-13-6-2-11(3-7-13)16-18-15(19-22-16)10-21-14-8-4-12(17)5-9-14/h2-9H,10H2,1H3. The van der Waals surface area contributed by atoms with Crippen LogP contribution in [0, 0.1) is 0 Å². The van der Waals surface area contributed by atoms with Gasteiger partial charge in [-0.1, -0.05) is 21.1 Å². The molecule has 0 fully saturated rings. The molecule has 0 spiro atoms. The van der Waals surface area contributed by atoms with Crippen LogP contribution in [0.4, 0.5) is 0 Å². The van der Waals surface area contributed by atoms with E-state index in [4.69, 9.17) is 14.0 Å². The van der Waals surface area contributed by atoms with Crippen molar-refractivity contribution >= 4 is 15.9 Å². The highest BCUT2D eigenvalue weighted by Gasteiger charge is 2.09. The average Bonchev–Trinajstić information content (AvgIpc) is 3.03. The van der Waals surface area contributed by atoms with Crippen LogP contribution in [-0.4, -0.2) is 17.3 Å². The molecule has 0 bridgehead atoms. The van der Waals surface area contributed by atoms with Crippen molar-refractivity contribution < 1.29 is 14.0 Å². The molecule has 1 heterocycles. The fourth-order valence-electron chi connectivity index (χ4n) is 1.84. The van der Waals surface area contributed by atoms with Crippen LogP contribution in [0.3, 0.4) is 0 Å². The molecule has 0 aliphatic heterocycles. The molecule has 0 radical (unpaired) electrons. The third-order valence-corrected chi connectivity index (χ3v) is 3.52. The SMILES string of the molecule is COc1ccc(-c2nc(COc3ccc(Br)cc3)no2)cc1. The molecule has 0 N–H and O–H groups in total. The lowest BCUT2D eigenvalue weighted by atomic mass is 10.2. The third-order valence-electron chi connectivity index (χ3n) is 2.99. The van der Waals surface area contributed by atoms with Gasteiger partial charge in [0.05, 0.1) is 7.11 Å². The number of rotatable bonds is 5. The molecule has 5 nitrogen and oxygen atoms in total. The highest BCUT2D eigenvalue weighted by molar-refractivity contribution is 9.10. The lowest BCUT2D eigenvalue weighted by molar-refractivity contribution is 0.287. The minimum atomic E-state index is 0.251. The van der Waals surface area contributed by atoms with E-state index < -0.39 is 0 Å². The molecule has 3 rings (SSSR count). The summed E-state index contributed by atoms with van der Waals surface area (Å²) in [5, 5.41) is 3.92. The van der Waals surface area contributed by atoms with E-state index in [2.05, 4.69) is 26.1 Å². The van der Waals surface area contributed by atoms with Crippen molar-refractivity contribution in [2.24, 2.45) is 0 Å². The lowest BCUT2D eigenvalue weighted by Crippen LogP contribution is -1.97. The summed E-state index contributed by atoms with van der Waals surface area (Å²) >= 11 is 3.38. The van der Waals surface area contributed by atoms with Crippen LogP contribution in [0.15, 0.2) is 57.5 Å². The van der Waals surface area contributed by atoms with E-state index in [9.17, 15) is 0 Å². The van der Waals surface area contributed by atoms with Gasteiger partial charge >= 0.3 is 0 Å². The smallest absolute Gasteiger partial charge is 0.258 e. The van der Waals surface area contributed by atoms with E-state index in [1.54, 1.807) is 7.11 Å². The fraction of sp³-hybridized carbons (Fsp3) is 0.125. The second-order valence-corrected chi connectivity index (χ2v) is 5.40. The minimum Gasteiger partial charge on any atom is -0.497 e. The molecule has 0 saturated heterocycles. The first-order valence-corrected chi connectivity index (χ1v) is 7.39. The molecule has 112 valence electrons. The third kappa shape index (κ3) is 3.46. The quantitative estimate of drug-likeness (QED) is 0.685. The second kappa shape index (κ2) is 6.62. The van der Waals surface area contributed by atoms with E-state index in [0.717, 1.165) is 21.5 Å². The predicted octanol–water partition coefficient (Wildman–Crippen LogP) is 4.09. The van der Waals surface area contributed by atoms with Crippen molar-refractivity contribution in [2.75, 3.05) is 7.11 Å². The zero-order chi connectivity index (χ0) is 15.4. The second-order valence-electron chi connectivity index (χ2n) is 4.49. The van der Waals surface area contributed by atoms with E-state index >= 15 is 0 Å². The number of benzene rings is 2. The minimum absolute atomic E-state index is 0.251. The maximum absolute atomic E-state index is 5.61. The number of nitrogens with zero attached hydrogens (tertiary/aromatic N) is 2. The zero-order valence-electron chi connectivity index (χ0n) is 11.8. The van der Waals surface area contributed by atoms with Crippen LogP contribution >= 0.6 is 15.9 Å². The summed E-state index contributed by atoms with van der Waals surface area (Å²) in [6.07, 6.45) is 0. The summed E-state index contributed by atoms with van der Waals surface area (Å²) in [6.45, 7) is 0.251. The van der Waals surface area contributed by atoms with Crippen LogP contribution in [-0.2, 0) is 6.61 Å². The van der Waals surface area contributed by atoms with E-state index in [1.807, 2.05) is 48.5 Å². The van der Waals surface area contributed by atoms with Gasteiger partial charge in [0, 0.05) is 10.0 Å². The molecule has 2 aromatic carbocycles. The van der Waals surface area contributed by atoms with Crippen molar-refractivity contribution in [3.05, 3.63) is 58.8 Å². The zero-order valence-corrected chi connectivity index (χ0v) is 13.4. The maximum Gasteiger partial charge on any atom is 0.258 e. The van der Waals surface area contributed by atoms with Gasteiger partial charge in [0.15, 0.2) is 6.61 Å². The molecule has 1 aromatic heterocycles. The summed E-state index contributed by atoms with van der Waals surface area (Å²) in [4.78, 5) is 4.32. The van der Waals surface area contributed by atoms with Crippen molar-refractivity contribution in [2.45, 2.75) is 6.61 Å². The van der Waals surface area contributed by atoms with Gasteiger partial charge in [-0.2, -0.15) is 4.98 Å². The number of hydrogen-bond acceptors (Lipinski definition) is 5. The van der Waals surface area contributed by atoms with Gasteiger partial charge in [0.2, 0.25) is 5.82 Å². The predicted molar refractivity (Wildman–Crippen MR) is 84.8 cm³/mol. The number of halogens is 1. The molecular formula is C16H13BrN2O3. The van der Waals surface area contributed by atoms with Gasteiger partial charge in [-0.25, -0.2) is 0 Å². The highest BCUT2D eigenvalue weighted by Crippen LogP contribution is 2.21. The van der Waals surface area contributed by atoms with E-state index in [1.165, 1.54) is 0 Å². The van der Waals surface area contributed by atoms with Crippen LogP contribution in [0.25, 0.3) is 11.5 Å². The number of ether oxygens (including phenoxy) is 2. The topological polar surface area (TPSA) is 57.4 Å². The van der Waals surface area contributed by atoms with Crippen molar-refractivity contribution in [3.63, 3.8) is 0 Å². The Morgan fingerprint density at radius 3 is 2.36 bits per heavy atom. The number of methoxy groups -OCH3 is 1. The molecule has 0 atom stereocenters. The molecule has 3 aromatic rings. The Morgan fingerprint density at radius 2 is 1.68 bits per heavy atom.